The fourth-order valence-electron chi connectivity index (χ4n) is 2.83. The standard InChI is InChI=1S/C23H30N2O4/c1-5-20(29-21-15-16(2)11-12-17(21)3)23(27)25-19-10-7-6-9-18(19)22(26)24-13-8-14-28-4/h6-7,9-12,15,20H,5,8,13-14H2,1-4H3,(H,24,26)(H,25,27). The summed E-state index contributed by atoms with van der Waals surface area (Å²) >= 11 is 0. The Morgan fingerprint density at radius 3 is 2.59 bits per heavy atom. The highest BCUT2D eigenvalue weighted by molar-refractivity contribution is 6.04. The average molecular weight is 399 g/mol. The molecule has 1 atom stereocenters. The van der Waals surface area contributed by atoms with Crippen LogP contribution >= 0.6 is 0 Å². The minimum absolute atomic E-state index is 0.236. The van der Waals surface area contributed by atoms with Crippen LogP contribution < -0.4 is 15.4 Å². The van der Waals surface area contributed by atoms with Crippen LogP contribution in [0.15, 0.2) is 42.5 Å². The van der Waals surface area contributed by atoms with E-state index in [0.717, 1.165) is 17.5 Å². The van der Waals surface area contributed by atoms with E-state index in [9.17, 15) is 9.59 Å². The van der Waals surface area contributed by atoms with Gasteiger partial charge in [-0.05, 0) is 56.0 Å². The molecule has 0 aliphatic rings. The summed E-state index contributed by atoms with van der Waals surface area (Å²) in [6.07, 6.45) is 0.566. The van der Waals surface area contributed by atoms with E-state index in [0.29, 0.717) is 36.6 Å². The Labute approximate surface area is 172 Å². The Hall–Kier alpha value is -2.86. The highest BCUT2D eigenvalue weighted by Crippen LogP contribution is 2.22. The lowest BCUT2D eigenvalue weighted by atomic mass is 10.1. The number of benzene rings is 2. The Kier molecular flexibility index (Phi) is 8.68. The minimum Gasteiger partial charge on any atom is -0.480 e. The number of carbonyl (C=O) groups excluding carboxylic acids is 2. The van der Waals surface area contributed by atoms with Crippen LogP contribution in [0.25, 0.3) is 0 Å². The highest BCUT2D eigenvalue weighted by atomic mass is 16.5. The number of nitrogens with one attached hydrogen (secondary N) is 2. The highest BCUT2D eigenvalue weighted by Gasteiger charge is 2.21. The van der Waals surface area contributed by atoms with Crippen molar-refractivity contribution in [3.63, 3.8) is 0 Å². The average Bonchev–Trinajstić information content (AvgIpc) is 2.72. The van der Waals surface area contributed by atoms with Crippen LogP contribution in [-0.2, 0) is 9.53 Å². The van der Waals surface area contributed by atoms with Crippen LogP contribution in [-0.4, -0.2) is 38.2 Å². The molecule has 0 bridgehead atoms. The monoisotopic (exact) mass is 398 g/mol. The summed E-state index contributed by atoms with van der Waals surface area (Å²) < 4.78 is 11.0. The van der Waals surface area contributed by atoms with E-state index >= 15 is 0 Å². The van der Waals surface area contributed by atoms with E-state index in [4.69, 9.17) is 9.47 Å². The molecule has 0 heterocycles. The lowest BCUT2D eigenvalue weighted by Crippen LogP contribution is -2.34. The summed E-state index contributed by atoms with van der Waals surface area (Å²) in [7, 11) is 1.62. The zero-order valence-electron chi connectivity index (χ0n) is 17.6. The number of amides is 2. The predicted octanol–water partition coefficient (Wildman–Crippen LogP) is 3.87. The van der Waals surface area contributed by atoms with Gasteiger partial charge in [-0.3, -0.25) is 9.59 Å². The molecule has 156 valence electrons. The molecule has 0 aromatic heterocycles. The number of anilines is 1. The Morgan fingerprint density at radius 1 is 1.10 bits per heavy atom. The fourth-order valence-corrected chi connectivity index (χ4v) is 2.83. The summed E-state index contributed by atoms with van der Waals surface area (Å²) in [5.74, 6) is 0.171. The fraction of sp³-hybridized carbons (Fsp3) is 0.391. The summed E-state index contributed by atoms with van der Waals surface area (Å²) in [6, 6.07) is 12.9. The van der Waals surface area contributed by atoms with E-state index in [-0.39, 0.29) is 11.8 Å². The topological polar surface area (TPSA) is 76.7 Å². The van der Waals surface area contributed by atoms with Gasteiger partial charge in [0.25, 0.3) is 11.8 Å². The number of para-hydroxylation sites is 1. The van der Waals surface area contributed by atoms with E-state index in [1.54, 1.807) is 31.4 Å². The molecule has 2 aromatic rings. The lowest BCUT2D eigenvalue weighted by molar-refractivity contribution is -0.122. The molecule has 2 aromatic carbocycles. The van der Waals surface area contributed by atoms with E-state index in [2.05, 4.69) is 10.6 Å². The molecule has 2 rings (SSSR count). The number of ether oxygens (including phenoxy) is 2. The van der Waals surface area contributed by atoms with Gasteiger partial charge in [0.1, 0.15) is 5.75 Å². The van der Waals surface area contributed by atoms with Crippen LogP contribution in [0.5, 0.6) is 5.75 Å². The van der Waals surface area contributed by atoms with E-state index < -0.39 is 6.10 Å². The van der Waals surface area contributed by atoms with Crippen molar-refractivity contribution in [2.45, 2.75) is 39.7 Å². The first-order valence-electron chi connectivity index (χ1n) is 9.87. The van der Waals surface area contributed by atoms with Crippen molar-refractivity contribution in [3.05, 3.63) is 59.2 Å². The molecule has 0 aliphatic heterocycles. The molecule has 0 saturated carbocycles. The zero-order chi connectivity index (χ0) is 21.2. The van der Waals surface area contributed by atoms with Gasteiger partial charge >= 0.3 is 0 Å². The van der Waals surface area contributed by atoms with Crippen molar-refractivity contribution in [2.75, 3.05) is 25.6 Å². The molecule has 6 nitrogen and oxygen atoms in total. The van der Waals surface area contributed by atoms with Gasteiger partial charge in [-0.2, -0.15) is 0 Å². The molecule has 29 heavy (non-hydrogen) atoms. The molecular formula is C23H30N2O4. The third kappa shape index (κ3) is 6.61. The Balaban J connectivity index is 2.08. The van der Waals surface area contributed by atoms with Gasteiger partial charge in [-0.25, -0.2) is 0 Å². The maximum atomic E-state index is 12.8. The Morgan fingerprint density at radius 2 is 1.86 bits per heavy atom. The second-order valence-corrected chi connectivity index (χ2v) is 6.92. The van der Waals surface area contributed by atoms with Gasteiger partial charge in [0, 0.05) is 20.3 Å². The number of hydrogen-bond acceptors (Lipinski definition) is 4. The molecule has 0 spiro atoms. The third-order valence-electron chi connectivity index (χ3n) is 4.52. The number of methoxy groups -OCH3 is 1. The quantitative estimate of drug-likeness (QED) is 0.596. The van der Waals surface area contributed by atoms with Crippen molar-refractivity contribution in [1.82, 2.24) is 5.32 Å². The molecule has 1 unspecified atom stereocenters. The van der Waals surface area contributed by atoms with Crippen molar-refractivity contribution in [1.29, 1.82) is 0 Å². The molecule has 0 saturated heterocycles. The second kappa shape index (κ2) is 11.2. The smallest absolute Gasteiger partial charge is 0.265 e. The number of carbonyl (C=O) groups is 2. The maximum absolute atomic E-state index is 12.8. The third-order valence-corrected chi connectivity index (χ3v) is 4.52. The zero-order valence-corrected chi connectivity index (χ0v) is 17.6. The minimum atomic E-state index is -0.659. The van der Waals surface area contributed by atoms with Gasteiger partial charge in [-0.15, -0.1) is 0 Å². The molecule has 6 heteroatoms. The van der Waals surface area contributed by atoms with Gasteiger partial charge in [0.15, 0.2) is 6.10 Å². The van der Waals surface area contributed by atoms with Gasteiger partial charge in [0.2, 0.25) is 0 Å². The molecule has 2 amide bonds. The molecule has 0 fully saturated rings. The van der Waals surface area contributed by atoms with Gasteiger partial charge < -0.3 is 20.1 Å². The van der Waals surface area contributed by atoms with Crippen LogP contribution in [0.4, 0.5) is 5.69 Å². The molecule has 0 radical (unpaired) electrons. The van der Waals surface area contributed by atoms with Crippen molar-refractivity contribution < 1.29 is 19.1 Å². The summed E-state index contributed by atoms with van der Waals surface area (Å²) in [4.78, 5) is 25.3. The van der Waals surface area contributed by atoms with Crippen molar-refractivity contribution >= 4 is 17.5 Å². The first-order valence-corrected chi connectivity index (χ1v) is 9.87. The largest absolute Gasteiger partial charge is 0.480 e. The lowest BCUT2D eigenvalue weighted by Gasteiger charge is -2.20. The number of hydrogen-bond donors (Lipinski definition) is 2. The maximum Gasteiger partial charge on any atom is 0.265 e. The summed E-state index contributed by atoms with van der Waals surface area (Å²) in [6.45, 7) is 6.90. The first kappa shape index (κ1) is 22.4. The van der Waals surface area contributed by atoms with E-state index in [1.165, 1.54) is 0 Å². The molecule has 2 N–H and O–H groups in total. The van der Waals surface area contributed by atoms with Crippen molar-refractivity contribution in [2.24, 2.45) is 0 Å². The van der Waals surface area contributed by atoms with Crippen LogP contribution in [0, 0.1) is 13.8 Å². The van der Waals surface area contributed by atoms with Crippen LogP contribution in [0.3, 0.4) is 0 Å². The second-order valence-electron chi connectivity index (χ2n) is 6.92. The number of aryl methyl sites for hydroxylation is 2. The van der Waals surface area contributed by atoms with Gasteiger partial charge in [-0.1, -0.05) is 31.2 Å². The predicted molar refractivity (Wildman–Crippen MR) is 115 cm³/mol. The molecule has 0 aliphatic carbocycles. The van der Waals surface area contributed by atoms with E-state index in [1.807, 2.05) is 39.0 Å². The SMILES string of the molecule is CCC(Oc1cc(C)ccc1C)C(=O)Nc1ccccc1C(=O)NCCCOC. The Bertz CT molecular complexity index is 835. The van der Waals surface area contributed by atoms with Crippen LogP contribution in [0.1, 0.15) is 41.3 Å². The normalized spacial score (nSPS) is 11.6. The first-order chi connectivity index (χ1) is 14.0. The summed E-state index contributed by atoms with van der Waals surface area (Å²) in [5.41, 5.74) is 2.92. The van der Waals surface area contributed by atoms with Crippen molar-refractivity contribution in [3.8, 4) is 5.75 Å². The van der Waals surface area contributed by atoms with Gasteiger partial charge in [0.05, 0.1) is 11.3 Å². The molecular weight excluding hydrogens is 368 g/mol. The van der Waals surface area contributed by atoms with Crippen LogP contribution in [0.2, 0.25) is 0 Å². The summed E-state index contributed by atoms with van der Waals surface area (Å²) in [5, 5.41) is 5.69. The number of rotatable bonds is 10.